The van der Waals surface area contributed by atoms with Gasteiger partial charge in [0.1, 0.15) is 5.82 Å². The van der Waals surface area contributed by atoms with Crippen molar-refractivity contribution in [1.82, 2.24) is 4.90 Å². The van der Waals surface area contributed by atoms with Crippen molar-refractivity contribution in [2.45, 2.75) is 37.8 Å². The summed E-state index contributed by atoms with van der Waals surface area (Å²) in [7, 11) is 0. The second-order valence-electron chi connectivity index (χ2n) is 5.37. The summed E-state index contributed by atoms with van der Waals surface area (Å²) >= 11 is 0. The summed E-state index contributed by atoms with van der Waals surface area (Å²) < 4.78 is 13.5. The topological polar surface area (TPSA) is 66.6 Å². The van der Waals surface area contributed by atoms with Gasteiger partial charge in [0, 0.05) is 25.6 Å². The third-order valence-electron chi connectivity index (χ3n) is 3.69. The van der Waals surface area contributed by atoms with Gasteiger partial charge in [-0.05, 0) is 30.9 Å². The summed E-state index contributed by atoms with van der Waals surface area (Å²) in [5, 5.41) is 9.41. The minimum atomic E-state index is -0.383. The Morgan fingerprint density at radius 3 is 2.70 bits per heavy atom. The van der Waals surface area contributed by atoms with Crippen LogP contribution in [0.1, 0.15) is 24.8 Å². The summed E-state index contributed by atoms with van der Waals surface area (Å²) in [5.41, 5.74) is 6.49. The maximum Gasteiger partial charge on any atom is 0.224 e. The van der Waals surface area contributed by atoms with E-state index in [0.717, 1.165) is 0 Å². The van der Waals surface area contributed by atoms with Crippen LogP contribution in [0.4, 0.5) is 4.39 Å². The number of benzene rings is 1. The van der Waals surface area contributed by atoms with Gasteiger partial charge in [-0.3, -0.25) is 4.79 Å². The molecule has 1 atom stereocenters. The van der Waals surface area contributed by atoms with Crippen LogP contribution in [0.5, 0.6) is 0 Å². The monoisotopic (exact) mass is 280 g/mol. The van der Waals surface area contributed by atoms with Crippen LogP contribution in [0.2, 0.25) is 0 Å². The Bertz CT molecular complexity index is 459. The van der Waals surface area contributed by atoms with E-state index in [0.29, 0.717) is 37.9 Å². The molecule has 20 heavy (non-hydrogen) atoms. The van der Waals surface area contributed by atoms with Gasteiger partial charge < -0.3 is 15.7 Å². The average Bonchev–Trinajstić information content (AvgIpc) is 2.42. The summed E-state index contributed by atoms with van der Waals surface area (Å²) in [6, 6.07) is 6.10. The highest BCUT2D eigenvalue weighted by Gasteiger charge is 2.22. The molecule has 1 heterocycles. The van der Waals surface area contributed by atoms with E-state index in [1.165, 1.54) is 6.07 Å². The van der Waals surface area contributed by atoms with E-state index in [1.54, 1.807) is 23.1 Å². The normalized spacial score (nSPS) is 18.1. The smallest absolute Gasteiger partial charge is 0.224 e. The van der Waals surface area contributed by atoms with Crippen LogP contribution >= 0.6 is 0 Å². The fourth-order valence-electron chi connectivity index (χ4n) is 2.49. The summed E-state index contributed by atoms with van der Waals surface area (Å²) in [6.07, 6.45) is 1.51. The molecule has 2 rings (SSSR count). The highest BCUT2D eigenvalue weighted by molar-refractivity contribution is 5.77. The number of aliphatic hydroxyl groups excluding tert-OH is 1. The number of carbonyl (C=O) groups is 1. The number of piperidine rings is 1. The van der Waals surface area contributed by atoms with Gasteiger partial charge in [-0.2, -0.15) is 0 Å². The molecule has 0 radical (unpaired) electrons. The lowest BCUT2D eigenvalue weighted by Crippen LogP contribution is -2.42. The van der Waals surface area contributed by atoms with Gasteiger partial charge in [-0.1, -0.05) is 18.2 Å². The first-order valence-corrected chi connectivity index (χ1v) is 7.01. The number of rotatable bonds is 4. The molecule has 0 aliphatic carbocycles. The molecule has 0 unspecified atom stereocenters. The number of hydrogen-bond donors (Lipinski definition) is 2. The number of nitrogens with two attached hydrogens (primary N) is 1. The van der Waals surface area contributed by atoms with Crippen molar-refractivity contribution >= 4 is 5.91 Å². The quantitative estimate of drug-likeness (QED) is 0.867. The molecule has 0 bridgehead atoms. The molecule has 0 aromatic heterocycles. The van der Waals surface area contributed by atoms with Gasteiger partial charge >= 0.3 is 0 Å². The molecule has 4 nitrogen and oxygen atoms in total. The van der Waals surface area contributed by atoms with Crippen LogP contribution in [0.3, 0.4) is 0 Å². The van der Waals surface area contributed by atoms with Crippen molar-refractivity contribution in [2.75, 3.05) is 13.1 Å². The Hall–Kier alpha value is -1.46. The molecule has 1 aromatic carbocycles. The highest BCUT2D eigenvalue weighted by Crippen LogP contribution is 2.14. The first-order chi connectivity index (χ1) is 9.56. The van der Waals surface area contributed by atoms with Gasteiger partial charge in [0.15, 0.2) is 0 Å². The van der Waals surface area contributed by atoms with Crippen molar-refractivity contribution < 1.29 is 14.3 Å². The fourth-order valence-corrected chi connectivity index (χ4v) is 2.49. The number of amides is 1. The second kappa shape index (κ2) is 6.81. The largest absolute Gasteiger partial charge is 0.393 e. The maximum atomic E-state index is 13.5. The minimum absolute atomic E-state index is 0.0132. The van der Waals surface area contributed by atoms with E-state index in [4.69, 9.17) is 5.73 Å². The molecular formula is C15H21FN2O2. The third kappa shape index (κ3) is 4.02. The zero-order chi connectivity index (χ0) is 14.5. The molecule has 1 amide bonds. The van der Waals surface area contributed by atoms with Gasteiger partial charge in [-0.15, -0.1) is 0 Å². The van der Waals surface area contributed by atoms with Crippen molar-refractivity contribution in [1.29, 1.82) is 0 Å². The van der Waals surface area contributed by atoms with E-state index in [9.17, 15) is 14.3 Å². The van der Waals surface area contributed by atoms with Gasteiger partial charge in [0.2, 0.25) is 5.91 Å². The second-order valence-corrected chi connectivity index (χ2v) is 5.37. The number of hydrogen-bond acceptors (Lipinski definition) is 3. The highest BCUT2D eigenvalue weighted by atomic mass is 19.1. The van der Waals surface area contributed by atoms with Crippen LogP contribution in [0.15, 0.2) is 24.3 Å². The Labute approximate surface area is 118 Å². The first-order valence-electron chi connectivity index (χ1n) is 7.01. The molecule has 1 aliphatic rings. The number of aliphatic hydroxyl groups is 1. The molecule has 5 heteroatoms. The number of nitrogens with zero attached hydrogens (tertiary/aromatic N) is 1. The van der Waals surface area contributed by atoms with Crippen molar-refractivity contribution in [3.8, 4) is 0 Å². The molecule has 1 fully saturated rings. The van der Waals surface area contributed by atoms with Crippen molar-refractivity contribution in [2.24, 2.45) is 5.73 Å². The molecule has 3 N–H and O–H groups in total. The van der Waals surface area contributed by atoms with Crippen LogP contribution < -0.4 is 5.73 Å². The molecule has 1 aromatic rings. The molecule has 110 valence electrons. The average molecular weight is 280 g/mol. The molecule has 1 aliphatic heterocycles. The third-order valence-corrected chi connectivity index (χ3v) is 3.69. The standard InChI is InChI=1S/C15H21FN2O2/c16-14-4-2-1-3-11(14)9-12(17)10-15(20)18-7-5-13(19)6-8-18/h1-4,12-13,19H,5-10,17H2/t12-/m1/s1. The Morgan fingerprint density at radius 2 is 2.05 bits per heavy atom. The number of likely N-dealkylation sites (tertiary alicyclic amines) is 1. The zero-order valence-electron chi connectivity index (χ0n) is 11.5. The first kappa shape index (κ1) is 14.9. The predicted octanol–water partition coefficient (Wildman–Crippen LogP) is 1.07. The van der Waals surface area contributed by atoms with E-state index >= 15 is 0 Å². The molecular weight excluding hydrogens is 259 g/mol. The predicted molar refractivity (Wildman–Crippen MR) is 74.5 cm³/mol. The van der Waals surface area contributed by atoms with Crippen LogP contribution in [0, 0.1) is 5.82 Å². The van der Waals surface area contributed by atoms with Gasteiger partial charge in [0.05, 0.1) is 6.10 Å². The lowest BCUT2D eigenvalue weighted by atomic mass is 10.0. The van der Waals surface area contributed by atoms with Crippen molar-refractivity contribution in [3.05, 3.63) is 35.6 Å². The van der Waals surface area contributed by atoms with Gasteiger partial charge in [0.25, 0.3) is 0 Å². The fraction of sp³-hybridized carbons (Fsp3) is 0.533. The number of carbonyl (C=O) groups excluding carboxylic acids is 1. The lowest BCUT2D eigenvalue weighted by molar-refractivity contribution is -0.133. The SMILES string of the molecule is N[C@@H](CC(=O)N1CCC(O)CC1)Cc1ccccc1F. The Morgan fingerprint density at radius 1 is 1.40 bits per heavy atom. The van der Waals surface area contributed by atoms with E-state index in [-0.39, 0.29) is 30.3 Å². The molecule has 1 saturated heterocycles. The lowest BCUT2D eigenvalue weighted by Gasteiger charge is -2.30. The van der Waals surface area contributed by atoms with E-state index in [2.05, 4.69) is 0 Å². The molecule has 0 saturated carbocycles. The van der Waals surface area contributed by atoms with E-state index in [1.807, 2.05) is 0 Å². The summed E-state index contributed by atoms with van der Waals surface area (Å²) in [6.45, 7) is 1.15. The van der Waals surface area contributed by atoms with Gasteiger partial charge in [-0.25, -0.2) is 4.39 Å². The van der Waals surface area contributed by atoms with E-state index < -0.39 is 0 Å². The zero-order valence-corrected chi connectivity index (χ0v) is 11.5. The van der Waals surface area contributed by atoms with Crippen LogP contribution in [-0.2, 0) is 11.2 Å². The summed E-state index contributed by atoms with van der Waals surface area (Å²) in [4.78, 5) is 13.8. The Balaban J connectivity index is 1.83. The molecule has 0 spiro atoms. The number of halogens is 1. The maximum absolute atomic E-state index is 13.5. The van der Waals surface area contributed by atoms with Crippen LogP contribution in [-0.4, -0.2) is 41.1 Å². The Kier molecular flexibility index (Phi) is 5.09. The van der Waals surface area contributed by atoms with Crippen molar-refractivity contribution in [3.63, 3.8) is 0 Å². The minimum Gasteiger partial charge on any atom is -0.393 e. The summed E-state index contributed by atoms with van der Waals surface area (Å²) in [5.74, 6) is -0.294. The van der Waals surface area contributed by atoms with Crippen LogP contribution in [0.25, 0.3) is 0 Å².